The summed E-state index contributed by atoms with van der Waals surface area (Å²) in [7, 11) is 0. The summed E-state index contributed by atoms with van der Waals surface area (Å²) in [4.78, 5) is 2.92. The summed E-state index contributed by atoms with van der Waals surface area (Å²) in [6, 6.07) is 7.00. The number of fused-ring (bicyclic) bond motifs is 1. The second kappa shape index (κ2) is 4.92. The zero-order valence-corrected chi connectivity index (χ0v) is 12.9. The highest BCUT2D eigenvalue weighted by Crippen LogP contribution is 2.50. The molecule has 0 amide bonds. The molecule has 1 aromatic heterocycles. The number of benzene rings is 1. The Morgan fingerprint density at radius 1 is 1.24 bits per heavy atom. The second-order valence-corrected chi connectivity index (χ2v) is 6.38. The third-order valence-electron chi connectivity index (χ3n) is 3.79. The van der Waals surface area contributed by atoms with Crippen molar-refractivity contribution in [2.24, 2.45) is 0 Å². The molecule has 1 aliphatic rings. The number of H-pyrrole nitrogens is 1. The number of aromatic nitrogens is 1. The molecule has 0 saturated carbocycles. The fraction of sp³-hybridized carbons (Fsp3) is 0.385. The Bertz CT molecular complexity index is 677. The lowest BCUT2D eigenvalue weighted by Gasteiger charge is -2.49. The number of hydrogen-bond acceptors (Lipinski definition) is 5. The molecule has 5 atom stereocenters. The van der Waals surface area contributed by atoms with Gasteiger partial charge in [-0.25, -0.2) is 0 Å². The van der Waals surface area contributed by atoms with E-state index in [0.29, 0.717) is 10.9 Å². The van der Waals surface area contributed by atoms with Gasteiger partial charge in [-0.1, -0.05) is 45.7 Å². The molecule has 0 spiro atoms. The summed E-state index contributed by atoms with van der Waals surface area (Å²) in [6.07, 6.45) is -2.13. The molecule has 1 saturated heterocycles. The summed E-state index contributed by atoms with van der Waals surface area (Å²) in [6.45, 7) is 0. The van der Waals surface area contributed by atoms with Crippen LogP contribution in [0.1, 0.15) is 5.56 Å². The molecule has 3 rings (SSSR count). The molecule has 0 bridgehead atoms. The van der Waals surface area contributed by atoms with Gasteiger partial charge in [-0.2, -0.15) is 0 Å². The van der Waals surface area contributed by atoms with Crippen LogP contribution in [0, 0.1) is 0 Å². The fourth-order valence-corrected chi connectivity index (χ4v) is 3.44. The maximum Gasteiger partial charge on any atom is 0.211 e. The molecule has 5 N–H and O–H groups in total. The summed E-state index contributed by atoms with van der Waals surface area (Å²) in [5, 5.41) is 38.2. The van der Waals surface area contributed by atoms with Crippen molar-refractivity contribution < 1.29 is 25.2 Å². The van der Waals surface area contributed by atoms with Crippen LogP contribution >= 0.6 is 27.5 Å². The standard InChI is InChI=1S/C13H13BrClNO5/c14-11-13(15,20)12(19,9(17)10(18)21-11)7-5-16-8-4-2-1-3-6(7)8/h1-5,9-11,16-20H/t9-,10-,11?,12+,13+/m0/s1. The van der Waals surface area contributed by atoms with Crippen LogP contribution in [-0.4, -0.2) is 47.9 Å². The van der Waals surface area contributed by atoms with Gasteiger partial charge in [0.25, 0.3) is 0 Å². The maximum atomic E-state index is 10.9. The number of aliphatic hydroxyl groups excluding tert-OH is 2. The number of rotatable bonds is 1. The average Bonchev–Trinajstić information content (AvgIpc) is 2.88. The third kappa shape index (κ3) is 1.97. The highest BCUT2D eigenvalue weighted by molar-refractivity contribution is 9.09. The molecule has 21 heavy (non-hydrogen) atoms. The lowest BCUT2D eigenvalue weighted by molar-refractivity contribution is -0.316. The van der Waals surface area contributed by atoms with E-state index in [1.54, 1.807) is 24.3 Å². The van der Waals surface area contributed by atoms with Crippen molar-refractivity contribution in [3.8, 4) is 0 Å². The van der Waals surface area contributed by atoms with Crippen molar-refractivity contribution in [1.29, 1.82) is 0 Å². The molecule has 114 valence electrons. The lowest BCUT2D eigenvalue weighted by atomic mass is 9.80. The Kier molecular flexibility index (Phi) is 3.57. The maximum absolute atomic E-state index is 10.9. The number of hydrogen-bond donors (Lipinski definition) is 5. The van der Waals surface area contributed by atoms with Gasteiger partial charge in [-0.3, -0.25) is 0 Å². The number of alkyl halides is 2. The van der Waals surface area contributed by atoms with Gasteiger partial charge in [0.2, 0.25) is 5.06 Å². The first kappa shape index (κ1) is 15.2. The summed E-state index contributed by atoms with van der Waals surface area (Å²) in [5.74, 6) is 0. The number of para-hydroxylation sites is 1. The third-order valence-corrected chi connectivity index (χ3v) is 5.42. The van der Waals surface area contributed by atoms with Crippen LogP contribution in [0.15, 0.2) is 30.5 Å². The molecule has 1 aliphatic heterocycles. The SMILES string of the molecule is O[C@H]1OC(Br)[C@](O)(Cl)[C@@](O)(c2c[nH]c3ccccc23)[C@H]1O. The number of ether oxygens (including phenoxy) is 1. The molecule has 1 fully saturated rings. The van der Waals surface area contributed by atoms with Crippen LogP contribution < -0.4 is 0 Å². The highest BCUT2D eigenvalue weighted by atomic mass is 79.9. The van der Waals surface area contributed by atoms with Gasteiger partial charge in [-0.05, 0) is 6.07 Å². The minimum Gasteiger partial charge on any atom is -0.384 e. The first-order valence-corrected chi connectivity index (χ1v) is 7.45. The number of halogens is 2. The molecule has 0 radical (unpaired) electrons. The van der Waals surface area contributed by atoms with E-state index < -0.39 is 28.1 Å². The normalized spacial score (nSPS) is 40.6. The van der Waals surface area contributed by atoms with Gasteiger partial charge in [0.05, 0.1) is 0 Å². The zero-order chi connectivity index (χ0) is 15.4. The van der Waals surface area contributed by atoms with Crippen LogP contribution in [-0.2, 0) is 10.3 Å². The van der Waals surface area contributed by atoms with Crippen molar-refractivity contribution in [1.82, 2.24) is 4.98 Å². The Hall–Kier alpha value is -0.670. The predicted octanol–water partition coefficient (Wildman–Crippen LogP) is 0.713. The quantitative estimate of drug-likeness (QED) is 0.470. The molecule has 6 nitrogen and oxygen atoms in total. The van der Waals surface area contributed by atoms with E-state index in [1.807, 2.05) is 0 Å². The van der Waals surface area contributed by atoms with Gasteiger partial charge in [-0.15, -0.1) is 0 Å². The Labute approximate surface area is 133 Å². The Balaban J connectivity index is 2.25. The molecule has 8 heteroatoms. The average molecular weight is 379 g/mol. The van der Waals surface area contributed by atoms with Crippen molar-refractivity contribution >= 4 is 38.4 Å². The zero-order valence-electron chi connectivity index (χ0n) is 10.6. The van der Waals surface area contributed by atoms with E-state index in [0.717, 1.165) is 0 Å². The summed E-state index contributed by atoms with van der Waals surface area (Å²) in [5.41, 5.74) is -1.50. The molecular formula is C13H13BrClNO5. The molecule has 1 aromatic carbocycles. The van der Waals surface area contributed by atoms with Gasteiger partial charge in [0.1, 0.15) is 6.10 Å². The van der Waals surface area contributed by atoms with Crippen molar-refractivity contribution in [3.63, 3.8) is 0 Å². The topological polar surface area (TPSA) is 106 Å². The van der Waals surface area contributed by atoms with Crippen LogP contribution in [0.25, 0.3) is 10.9 Å². The summed E-state index contributed by atoms with van der Waals surface area (Å²) < 4.78 is 4.89. The smallest absolute Gasteiger partial charge is 0.211 e. The minimum absolute atomic E-state index is 0.162. The van der Waals surface area contributed by atoms with Crippen LogP contribution in [0.4, 0.5) is 0 Å². The van der Waals surface area contributed by atoms with Gasteiger partial charge in [0, 0.05) is 22.7 Å². The lowest BCUT2D eigenvalue weighted by Crippen LogP contribution is -2.68. The molecule has 2 aromatic rings. The van der Waals surface area contributed by atoms with Crippen LogP contribution in [0.3, 0.4) is 0 Å². The molecular weight excluding hydrogens is 366 g/mol. The van der Waals surface area contributed by atoms with Crippen molar-refractivity contribution in [2.45, 2.75) is 28.1 Å². The van der Waals surface area contributed by atoms with Gasteiger partial charge < -0.3 is 30.1 Å². The monoisotopic (exact) mass is 377 g/mol. The highest BCUT2D eigenvalue weighted by Gasteiger charge is 2.65. The summed E-state index contributed by atoms with van der Waals surface area (Å²) >= 11 is 8.99. The first-order chi connectivity index (χ1) is 9.80. The van der Waals surface area contributed by atoms with E-state index >= 15 is 0 Å². The number of aliphatic hydroxyl groups is 4. The fourth-order valence-electron chi connectivity index (χ4n) is 2.61. The minimum atomic E-state index is -2.39. The van der Waals surface area contributed by atoms with Crippen molar-refractivity contribution in [3.05, 3.63) is 36.0 Å². The number of aromatic amines is 1. The van der Waals surface area contributed by atoms with E-state index in [9.17, 15) is 20.4 Å². The Morgan fingerprint density at radius 2 is 1.90 bits per heavy atom. The van der Waals surface area contributed by atoms with E-state index in [2.05, 4.69) is 20.9 Å². The molecule has 1 unspecified atom stereocenters. The van der Waals surface area contributed by atoms with E-state index in [1.165, 1.54) is 6.20 Å². The molecule has 2 heterocycles. The van der Waals surface area contributed by atoms with E-state index in [4.69, 9.17) is 16.3 Å². The predicted molar refractivity (Wildman–Crippen MR) is 78.8 cm³/mol. The molecule has 0 aliphatic carbocycles. The van der Waals surface area contributed by atoms with Gasteiger partial charge in [0.15, 0.2) is 16.9 Å². The van der Waals surface area contributed by atoms with Crippen LogP contribution in [0.5, 0.6) is 0 Å². The van der Waals surface area contributed by atoms with Crippen molar-refractivity contribution in [2.75, 3.05) is 0 Å². The van der Waals surface area contributed by atoms with Crippen LogP contribution in [0.2, 0.25) is 0 Å². The largest absolute Gasteiger partial charge is 0.384 e. The number of nitrogens with one attached hydrogen (secondary N) is 1. The van der Waals surface area contributed by atoms with E-state index in [-0.39, 0.29) is 5.56 Å². The Morgan fingerprint density at radius 3 is 2.62 bits per heavy atom. The van der Waals surface area contributed by atoms with Gasteiger partial charge >= 0.3 is 0 Å². The first-order valence-electron chi connectivity index (χ1n) is 6.16. The second-order valence-electron chi connectivity index (χ2n) is 4.98.